The Balaban J connectivity index is 1.37. The van der Waals surface area contributed by atoms with Crippen LogP contribution in [0, 0.1) is 5.92 Å². The minimum atomic E-state index is -0.495. The predicted molar refractivity (Wildman–Crippen MR) is 134 cm³/mol. The summed E-state index contributed by atoms with van der Waals surface area (Å²) in [5.41, 5.74) is 10.4. The molecule has 3 N–H and O–H groups in total. The highest BCUT2D eigenvalue weighted by molar-refractivity contribution is 5.92. The van der Waals surface area contributed by atoms with Crippen molar-refractivity contribution in [2.24, 2.45) is 11.7 Å². The molecule has 0 aromatic carbocycles. The largest absolute Gasteiger partial charge is 0.474 e. The molecule has 4 heterocycles. The number of carbonyl (C=O) groups excluding carboxylic acids is 1. The minimum Gasteiger partial charge on any atom is -0.474 e. The molecular weight excluding hydrogens is 456 g/mol. The third kappa shape index (κ3) is 4.02. The fourth-order valence-corrected chi connectivity index (χ4v) is 5.35. The third-order valence-corrected chi connectivity index (χ3v) is 8.14. The van der Waals surface area contributed by atoms with Gasteiger partial charge in [-0.25, -0.2) is 9.78 Å². The highest BCUT2D eigenvalue weighted by Crippen LogP contribution is 2.46. The molecule has 0 saturated heterocycles. The smallest absolute Gasteiger partial charge is 0.340 e. The minimum absolute atomic E-state index is 0.0288. The third-order valence-electron chi connectivity index (χ3n) is 8.14. The topological polar surface area (TPSA) is 120 Å². The lowest BCUT2D eigenvalue weighted by molar-refractivity contribution is -0.0120. The number of ether oxygens (including phenoxy) is 2. The zero-order valence-corrected chi connectivity index (χ0v) is 20.9. The molecule has 8 heteroatoms. The van der Waals surface area contributed by atoms with Gasteiger partial charge in [0.05, 0.1) is 22.7 Å². The van der Waals surface area contributed by atoms with E-state index in [1.165, 1.54) is 0 Å². The van der Waals surface area contributed by atoms with Crippen LogP contribution in [0.25, 0.3) is 10.8 Å². The van der Waals surface area contributed by atoms with Crippen molar-refractivity contribution in [3.8, 4) is 5.88 Å². The van der Waals surface area contributed by atoms with Crippen molar-refractivity contribution < 1.29 is 19.4 Å². The van der Waals surface area contributed by atoms with Crippen molar-refractivity contribution >= 4 is 16.7 Å². The van der Waals surface area contributed by atoms with Gasteiger partial charge in [-0.15, -0.1) is 0 Å². The molecule has 1 aliphatic heterocycles. The summed E-state index contributed by atoms with van der Waals surface area (Å²) in [4.78, 5) is 26.5. The molecule has 3 aromatic rings. The summed E-state index contributed by atoms with van der Waals surface area (Å²) in [6.07, 6.45) is 7.09. The monoisotopic (exact) mass is 488 g/mol. The second-order valence-electron chi connectivity index (χ2n) is 10.9. The molecule has 2 saturated carbocycles. The van der Waals surface area contributed by atoms with Gasteiger partial charge in [-0.2, -0.15) is 0 Å². The molecule has 36 heavy (non-hydrogen) atoms. The number of hydrogen-bond acceptors (Lipinski definition) is 8. The summed E-state index contributed by atoms with van der Waals surface area (Å²) in [6.45, 7) is 6.01. The summed E-state index contributed by atoms with van der Waals surface area (Å²) in [6, 6.07) is 5.75. The van der Waals surface area contributed by atoms with Crippen LogP contribution >= 0.6 is 0 Å². The van der Waals surface area contributed by atoms with Crippen LogP contribution in [0.15, 0.2) is 30.6 Å². The fourth-order valence-electron chi connectivity index (χ4n) is 5.35. The van der Waals surface area contributed by atoms with Crippen LogP contribution in [0.4, 0.5) is 0 Å². The summed E-state index contributed by atoms with van der Waals surface area (Å²) < 4.78 is 11.5. The van der Waals surface area contributed by atoms with E-state index in [0.717, 1.165) is 46.3 Å². The van der Waals surface area contributed by atoms with E-state index in [0.29, 0.717) is 36.6 Å². The Morgan fingerprint density at radius 1 is 1.14 bits per heavy atom. The highest BCUT2D eigenvalue weighted by Gasteiger charge is 2.41. The number of esters is 1. The number of aromatic nitrogens is 3. The van der Waals surface area contributed by atoms with Crippen LogP contribution in [-0.4, -0.2) is 44.3 Å². The lowest BCUT2D eigenvalue weighted by Crippen LogP contribution is -2.38. The van der Waals surface area contributed by atoms with Crippen molar-refractivity contribution in [1.29, 1.82) is 0 Å². The van der Waals surface area contributed by atoms with Gasteiger partial charge in [-0.1, -0.05) is 6.92 Å². The first-order valence-corrected chi connectivity index (χ1v) is 12.8. The van der Waals surface area contributed by atoms with E-state index in [1.807, 2.05) is 38.4 Å². The number of nitrogens with zero attached hydrogens (tertiary/aromatic N) is 3. The van der Waals surface area contributed by atoms with Crippen LogP contribution in [0.5, 0.6) is 5.88 Å². The number of carbonyl (C=O) groups is 1. The molecule has 3 atom stereocenters. The van der Waals surface area contributed by atoms with E-state index in [2.05, 4.69) is 18.0 Å². The van der Waals surface area contributed by atoms with Gasteiger partial charge in [-0.05, 0) is 61.8 Å². The van der Waals surface area contributed by atoms with Crippen LogP contribution < -0.4 is 10.5 Å². The molecule has 0 spiro atoms. The van der Waals surface area contributed by atoms with Crippen LogP contribution in [0.3, 0.4) is 0 Å². The zero-order chi connectivity index (χ0) is 25.2. The highest BCUT2D eigenvalue weighted by atomic mass is 16.5. The second-order valence-corrected chi connectivity index (χ2v) is 10.9. The van der Waals surface area contributed by atoms with Crippen molar-refractivity contribution in [3.63, 3.8) is 0 Å². The number of pyridine rings is 3. The molecule has 2 aliphatic carbocycles. The van der Waals surface area contributed by atoms with Crippen molar-refractivity contribution in [1.82, 2.24) is 15.0 Å². The van der Waals surface area contributed by atoms with Crippen LogP contribution in [-0.2, 0) is 16.7 Å². The van der Waals surface area contributed by atoms with Gasteiger partial charge in [-0.3, -0.25) is 9.97 Å². The van der Waals surface area contributed by atoms with Crippen molar-refractivity contribution in [2.45, 2.75) is 82.6 Å². The first-order chi connectivity index (χ1) is 17.2. The molecule has 0 bridgehead atoms. The van der Waals surface area contributed by atoms with Gasteiger partial charge in [0.2, 0.25) is 5.88 Å². The number of hydrogen-bond donors (Lipinski definition) is 2. The summed E-state index contributed by atoms with van der Waals surface area (Å²) in [5, 5.41) is 11.5. The molecule has 8 nitrogen and oxygen atoms in total. The van der Waals surface area contributed by atoms with Gasteiger partial charge < -0.3 is 20.3 Å². The predicted octanol–water partition coefficient (Wildman–Crippen LogP) is 3.76. The summed E-state index contributed by atoms with van der Waals surface area (Å²) in [5.74, 6) is 0.674. The molecule has 6 rings (SSSR count). The molecule has 3 aliphatic rings. The quantitative estimate of drug-likeness (QED) is 0.503. The standard InChI is InChI=1S/C28H32N4O4/c1-14-15(2)35-27(34)21-7-6-17(32-25(14)21)8-18-9-22-23(12-30-18)26(36-20-10-19(33)11-20)31-13-24(22)28(3,29)16-4-5-16/h6-7,9,12-16,19-20,33H,4-5,8,10-11,29H2,1-3H3/t14-,15-,19?,20?,28?/m0/s1. The second kappa shape index (κ2) is 8.49. The first kappa shape index (κ1) is 23.3. The van der Waals surface area contributed by atoms with E-state index in [1.54, 1.807) is 0 Å². The number of aliphatic hydroxyl groups is 1. The Labute approximate surface area is 210 Å². The van der Waals surface area contributed by atoms with E-state index in [9.17, 15) is 9.90 Å². The number of aliphatic hydroxyl groups excluding tert-OH is 1. The average molecular weight is 489 g/mol. The Kier molecular flexibility index (Phi) is 5.50. The zero-order valence-electron chi connectivity index (χ0n) is 20.9. The number of cyclic esters (lactones) is 1. The fraction of sp³-hybridized carbons (Fsp3) is 0.500. The van der Waals surface area contributed by atoms with E-state index in [4.69, 9.17) is 25.2 Å². The van der Waals surface area contributed by atoms with Gasteiger partial charge in [0, 0.05) is 54.5 Å². The normalized spacial score (nSPS) is 27.1. The summed E-state index contributed by atoms with van der Waals surface area (Å²) in [7, 11) is 0. The van der Waals surface area contributed by atoms with Crippen molar-refractivity contribution in [2.75, 3.05) is 0 Å². The van der Waals surface area contributed by atoms with Gasteiger partial charge in [0.1, 0.15) is 12.2 Å². The maximum atomic E-state index is 12.3. The lowest BCUT2D eigenvalue weighted by Gasteiger charge is -2.32. The molecule has 0 radical (unpaired) electrons. The molecule has 2 fully saturated rings. The SMILES string of the molecule is C[C@@H]1OC(=O)c2ccc(Cc3cc4c(C(C)(N)C5CC5)cnc(OC5CC(O)C5)c4cn3)nc2[C@H]1C. The molecule has 1 unspecified atom stereocenters. The average Bonchev–Trinajstić information content (AvgIpc) is 3.68. The lowest BCUT2D eigenvalue weighted by atomic mass is 9.86. The molecule has 3 aromatic heterocycles. The molecular formula is C28H32N4O4. The van der Waals surface area contributed by atoms with Gasteiger partial charge in [0.25, 0.3) is 0 Å². The number of fused-ring (bicyclic) bond motifs is 2. The number of nitrogens with two attached hydrogens (primary N) is 1. The first-order valence-electron chi connectivity index (χ1n) is 12.8. The van der Waals surface area contributed by atoms with Gasteiger partial charge in [0.15, 0.2) is 0 Å². The Bertz CT molecular complexity index is 1350. The van der Waals surface area contributed by atoms with E-state index >= 15 is 0 Å². The van der Waals surface area contributed by atoms with Gasteiger partial charge >= 0.3 is 5.97 Å². The Morgan fingerprint density at radius 2 is 1.92 bits per heavy atom. The van der Waals surface area contributed by atoms with E-state index < -0.39 is 5.54 Å². The number of rotatable bonds is 6. The molecule has 0 amide bonds. The Morgan fingerprint density at radius 3 is 2.64 bits per heavy atom. The van der Waals surface area contributed by atoms with Crippen LogP contribution in [0.2, 0.25) is 0 Å². The van der Waals surface area contributed by atoms with Crippen LogP contribution in [0.1, 0.15) is 85.4 Å². The van der Waals surface area contributed by atoms with Crippen molar-refractivity contribution in [3.05, 3.63) is 58.8 Å². The van der Waals surface area contributed by atoms with E-state index in [-0.39, 0.29) is 30.2 Å². The Hall–Kier alpha value is -3.10. The summed E-state index contributed by atoms with van der Waals surface area (Å²) >= 11 is 0. The maximum Gasteiger partial charge on any atom is 0.340 e. The maximum absolute atomic E-state index is 12.3. The molecule has 188 valence electrons.